The lowest BCUT2D eigenvalue weighted by atomic mass is 10.1. The summed E-state index contributed by atoms with van der Waals surface area (Å²) in [5.74, 6) is 1.27. The van der Waals surface area contributed by atoms with Crippen molar-refractivity contribution in [2.45, 2.75) is 46.6 Å². The quantitative estimate of drug-likeness (QED) is 0.792. The Morgan fingerprint density at radius 3 is 2.36 bits per heavy atom. The fourth-order valence-corrected chi connectivity index (χ4v) is 2.81. The van der Waals surface area contributed by atoms with E-state index < -0.39 is 0 Å². The van der Waals surface area contributed by atoms with Gasteiger partial charge in [0.15, 0.2) is 0 Å². The van der Waals surface area contributed by atoms with Crippen LogP contribution < -0.4 is 10.2 Å². The molecular formula is C20H28N4O. The minimum Gasteiger partial charge on any atom is -0.357 e. The van der Waals surface area contributed by atoms with Crippen LogP contribution in [0.5, 0.6) is 0 Å². The first-order valence-corrected chi connectivity index (χ1v) is 9.01. The van der Waals surface area contributed by atoms with Crippen LogP contribution in [0.1, 0.15) is 61.5 Å². The van der Waals surface area contributed by atoms with Crippen molar-refractivity contribution in [3.8, 4) is 0 Å². The standard InChI is InChI=1S/C20H28N4O/c1-5-12-24(13-6-2)19-14-18(22-16(4)23-19)20(25)21-15(3)17-10-8-7-9-11-17/h7-11,14-15H,5-6,12-13H2,1-4H3,(H,21,25). The summed E-state index contributed by atoms with van der Waals surface area (Å²) < 4.78 is 0. The van der Waals surface area contributed by atoms with Crippen LogP contribution >= 0.6 is 0 Å². The maximum atomic E-state index is 12.7. The van der Waals surface area contributed by atoms with Gasteiger partial charge < -0.3 is 10.2 Å². The summed E-state index contributed by atoms with van der Waals surface area (Å²) in [4.78, 5) is 23.7. The van der Waals surface area contributed by atoms with Gasteiger partial charge in [-0.1, -0.05) is 44.2 Å². The number of carbonyl (C=O) groups is 1. The predicted octanol–water partition coefficient (Wildman–Crippen LogP) is 3.90. The van der Waals surface area contributed by atoms with Crippen LogP contribution in [0, 0.1) is 6.92 Å². The van der Waals surface area contributed by atoms with Gasteiger partial charge in [-0.25, -0.2) is 9.97 Å². The van der Waals surface area contributed by atoms with Crippen molar-refractivity contribution < 1.29 is 4.79 Å². The Morgan fingerprint density at radius 2 is 1.76 bits per heavy atom. The van der Waals surface area contributed by atoms with E-state index in [0.29, 0.717) is 11.5 Å². The number of nitrogens with zero attached hydrogens (tertiary/aromatic N) is 3. The van der Waals surface area contributed by atoms with Crippen LogP contribution in [0.3, 0.4) is 0 Å². The van der Waals surface area contributed by atoms with Gasteiger partial charge in [0.05, 0.1) is 6.04 Å². The SMILES string of the molecule is CCCN(CCC)c1cc(C(=O)NC(C)c2ccccc2)nc(C)n1. The van der Waals surface area contributed by atoms with Gasteiger partial charge in [0.1, 0.15) is 17.3 Å². The molecule has 1 heterocycles. The molecule has 0 radical (unpaired) electrons. The number of carbonyl (C=O) groups excluding carboxylic acids is 1. The molecule has 1 atom stereocenters. The van der Waals surface area contributed by atoms with Crippen molar-refractivity contribution in [2.75, 3.05) is 18.0 Å². The monoisotopic (exact) mass is 340 g/mol. The first-order chi connectivity index (χ1) is 12.0. The van der Waals surface area contributed by atoms with E-state index >= 15 is 0 Å². The fraction of sp³-hybridized carbons (Fsp3) is 0.450. The molecule has 0 aliphatic rings. The molecule has 25 heavy (non-hydrogen) atoms. The van der Waals surface area contributed by atoms with Gasteiger partial charge in [0.2, 0.25) is 0 Å². The van der Waals surface area contributed by atoms with Crippen molar-refractivity contribution in [3.05, 3.63) is 53.5 Å². The van der Waals surface area contributed by atoms with Crippen molar-refractivity contribution >= 4 is 11.7 Å². The highest BCUT2D eigenvalue weighted by atomic mass is 16.1. The summed E-state index contributed by atoms with van der Waals surface area (Å²) >= 11 is 0. The minimum atomic E-state index is -0.170. The molecular weight excluding hydrogens is 312 g/mol. The number of nitrogens with one attached hydrogen (secondary N) is 1. The number of benzene rings is 1. The van der Waals surface area contributed by atoms with Crippen LogP contribution in [0.15, 0.2) is 36.4 Å². The Morgan fingerprint density at radius 1 is 1.12 bits per heavy atom. The Kier molecular flexibility index (Phi) is 6.92. The molecule has 1 unspecified atom stereocenters. The van der Waals surface area contributed by atoms with Gasteiger partial charge in [0, 0.05) is 19.2 Å². The molecule has 2 aromatic rings. The zero-order valence-corrected chi connectivity index (χ0v) is 15.6. The second-order valence-electron chi connectivity index (χ2n) is 6.25. The van der Waals surface area contributed by atoms with E-state index in [1.165, 1.54) is 0 Å². The van der Waals surface area contributed by atoms with E-state index in [2.05, 4.69) is 34.0 Å². The molecule has 1 amide bonds. The van der Waals surface area contributed by atoms with Crippen LogP contribution in [0.2, 0.25) is 0 Å². The smallest absolute Gasteiger partial charge is 0.270 e. The second-order valence-corrected chi connectivity index (χ2v) is 6.25. The molecule has 0 bridgehead atoms. The number of anilines is 1. The molecule has 0 aliphatic heterocycles. The van der Waals surface area contributed by atoms with Crippen LogP contribution in [0.4, 0.5) is 5.82 Å². The summed E-state index contributed by atoms with van der Waals surface area (Å²) in [6, 6.07) is 11.6. The Labute approximate surface area is 150 Å². The number of aryl methyl sites for hydroxylation is 1. The van der Waals surface area contributed by atoms with Crippen LogP contribution in [-0.4, -0.2) is 29.0 Å². The third kappa shape index (κ3) is 5.28. The van der Waals surface area contributed by atoms with Gasteiger partial charge in [-0.2, -0.15) is 0 Å². The number of hydrogen-bond donors (Lipinski definition) is 1. The maximum Gasteiger partial charge on any atom is 0.270 e. The average Bonchev–Trinajstić information content (AvgIpc) is 2.61. The lowest BCUT2D eigenvalue weighted by Crippen LogP contribution is -2.30. The number of rotatable bonds is 8. The summed E-state index contributed by atoms with van der Waals surface area (Å²) in [5.41, 5.74) is 1.49. The van der Waals surface area contributed by atoms with Crippen molar-refractivity contribution in [1.82, 2.24) is 15.3 Å². The molecule has 0 fully saturated rings. The highest BCUT2D eigenvalue weighted by Crippen LogP contribution is 2.16. The van der Waals surface area contributed by atoms with Gasteiger partial charge in [-0.05, 0) is 32.3 Å². The highest BCUT2D eigenvalue weighted by Gasteiger charge is 2.16. The first-order valence-electron chi connectivity index (χ1n) is 9.01. The molecule has 2 rings (SSSR count). The van der Waals surface area contributed by atoms with Crippen molar-refractivity contribution in [1.29, 1.82) is 0 Å². The van der Waals surface area contributed by atoms with Crippen molar-refractivity contribution in [2.24, 2.45) is 0 Å². The summed E-state index contributed by atoms with van der Waals surface area (Å²) in [6.07, 6.45) is 2.07. The summed E-state index contributed by atoms with van der Waals surface area (Å²) in [7, 11) is 0. The molecule has 0 saturated carbocycles. The maximum absolute atomic E-state index is 12.7. The average molecular weight is 340 g/mol. The van der Waals surface area contributed by atoms with E-state index in [-0.39, 0.29) is 11.9 Å². The van der Waals surface area contributed by atoms with Gasteiger partial charge in [-0.3, -0.25) is 4.79 Å². The normalized spacial score (nSPS) is 11.8. The van der Waals surface area contributed by atoms with E-state index in [1.807, 2.05) is 44.2 Å². The van der Waals surface area contributed by atoms with Gasteiger partial charge in [-0.15, -0.1) is 0 Å². The molecule has 134 valence electrons. The number of amides is 1. The molecule has 1 N–H and O–H groups in total. The van der Waals surface area contributed by atoms with E-state index in [0.717, 1.165) is 37.3 Å². The lowest BCUT2D eigenvalue weighted by Gasteiger charge is -2.23. The number of hydrogen-bond acceptors (Lipinski definition) is 4. The zero-order chi connectivity index (χ0) is 18.2. The van der Waals surface area contributed by atoms with Gasteiger partial charge in [0.25, 0.3) is 5.91 Å². The van der Waals surface area contributed by atoms with E-state index in [9.17, 15) is 4.79 Å². The predicted molar refractivity (Wildman–Crippen MR) is 102 cm³/mol. The Hall–Kier alpha value is -2.43. The topological polar surface area (TPSA) is 58.1 Å². The summed E-state index contributed by atoms with van der Waals surface area (Å²) in [6.45, 7) is 9.94. The molecule has 0 spiro atoms. The van der Waals surface area contributed by atoms with Gasteiger partial charge >= 0.3 is 0 Å². The Balaban J connectivity index is 2.19. The largest absolute Gasteiger partial charge is 0.357 e. The molecule has 0 aliphatic carbocycles. The lowest BCUT2D eigenvalue weighted by molar-refractivity contribution is 0.0934. The zero-order valence-electron chi connectivity index (χ0n) is 15.6. The van der Waals surface area contributed by atoms with Crippen molar-refractivity contribution in [3.63, 3.8) is 0 Å². The molecule has 1 aromatic carbocycles. The third-order valence-electron chi connectivity index (χ3n) is 4.02. The first kappa shape index (κ1) is 18.9. The fourth-order valence-electron chi connectivity index (χ4n) is 2.81. The minimum absolute atomic E-state index is 0.0743. The molecule has 1 aromatic heterocycles. The second kappa shape index (κ2) is 9.16. The van der Waals surface area contributed by atoms with E-state index in [1.54, 1.807) is 6.07 Å². The molecule has 0 saturated heterocycles. The molecule has 5 nitrogen and oxygen atoms in total. The van der Waals surface area contributed by atoms with E-state index in [4.69, 9.17) is 0 Å². The van der Waals surface area contributed by atoms with Crippen LogP contribution in [0.25, 0.3) is 0 Å². The number of aromatic nitrogens is 2. The third-order valence-corrected chi connectivity index (χ3v) is 4.02. The molecule has 5 heteroatoms. The summed E-state index contributed by atoms with van der Waals surface area (Å²) in [5, 5.41) is 3.02. The van der Waals surface area contributed by atoms with Crippen LogP contribution in [-0.2, 0) is 0 Å². The Bertz CT molecular complexity index is 681. The highest BCUT2D eigenvalue weighted by molar-refractivity contribution is 5.93.